The molecule has 149 heavy (non-hydrogen) atoms. The maximum atomic E-state index is 10.3. The minimum absolute atomic E-state index is 0.0229. The molecule has 53 N–H and O–H groups in total. The topological polar surface area (TPSA) is 1220 Å². The summed E-state index contributed by atoms with van der Waals surface area (Å²) in [6.07, 6.45) is -91.6. The van der Waals surface area contributed by atoms with Crippen LogP contribution in [0.2, 0.25) is 0 Å². The number of rotatable bonds is 28. The van der Waals surface area contributed by atoms with Gasteiger partial charge in [-0.3, -0.25) is 0 Å². The van der Waals surface area contributed by atoms with Gasteiger partial charge in [0.05, 0.1) is 104 Å². The number of nitrogens with two attached hydrogens (primary N) is 2. The van der Waals surface area contributed by atoms with E-state index in [0.717, 1.165) is 0 Å². The molecule has 0 bridgehead atoms. The van der Waals surface area contributed by atoms with Crippen LogP contribution >= 0.6 is 0 Å². The Balaban J connectivity index is 0.000000219. The standard InChI is InChI=1S/C18H32O16.C13H24O10.C12H24N2O9.3C12H22O11/c19-1-5-8(22)11(25)13(27)16(31-5)30-3-7-9(23)12(26)14(28)17(32-7)34-18(4-21)15(29)10(24)6(2-20)33-18;14-2-4-1-5(8(17)10(19)7(4)16)22-13-12(21)11(20)9(18)6(3-15)23-13;13-5-9(19)10(4(2-16)21-11(5)20)23-12-6(14)8(18)7(17)3(1-15)22-12;2*13-1-3-5(15)6(16)9(19)12(22-3)23-10-4(2-14)21-11(20)8(18)7(10)17;13-1-3-5(14)8(17)10(19)12(23-3)21-2-4-6(15)7(16)9(18)11(20)22-4/h5-17,19-29H,1-4H2;4-21H,1-3H2;3-12,15-20H,1-2,13-14H2;3*3-20H,1-2H2/t5-,6-,7-,8+,9-,10-,11+,12+,13-,14-,15+,16?,17?,18+;4-,5+,6-,7-,8+,9-,10+,11+,12+,13+;3-,4-,5-,6-,7-,8-,9-,10-,11-,12+;3-,4-,5+,6+,7-,8-,9-,10-,11+,12?;3-,4-,5-,6+,7-,8-,9-,10-,11-,12+;3-,4-,5-,6-,7+,8+,9-,10-,11-,12-/m111111/s1. The first kappa shape index (κ1) is 131. The van der Waals surface area contributed by atoms with Crippen LogP contribution in [0, 0.1) is 5.92 Å². The minimum atomic E-state index is -2.36. The van der Waals surface area contributed by atoms with Crippen LogP contribution in [-0.2, 0) is 90.0 Å². The summed E-state index contributed by atoms with van der Waals surface area (Å²) in [5, 5.41) is 473. The zero-order valence-corrected chi connectivity index (χ0v) is 78.3. The molecule has 12 heterocycles. The van der Waals surface area contributed by atoms with Gasteiger partial charge in [-0.2, -0.15) is 0 Å². The Kier molecular flexibility index (Phi) is 52.0. The van der Waals surface area contributed by atoms with Crippen molar-refractivity contribution < 1.29 is 340 Å². The fraction of sp³-hybridized carbons (Fsp3) is 1.00. The van der Waals surface area contributed by atoms with Crippen LogP contribution in [0.4, 0.5) is 0 Å². The summed E-state index contributed by atoms with van der Waals surface area (Å²) in [6.45, 7) is -9.17. The average molecular weight is 2210 g/mol. The Labute approximate surface area is 840 Å². The summed E-state index contributed by atoms with van der Waals surface area (Å²) >= 11 is 0. The first-order valence-corrected chi connectivity index (χ1v) is 46.4. The van der Waals surface area contributed by atoms with E-state index in [0.29, 0.717) is 0 Å². The molecule has 0 radical (unpaired) electrons. The second kappa shape index (κ2) is 59.0. The van der Waals surface area contributed by atoms with Crippen LogP contribution in [-0.4, -0.2) is 729 Å². The van der Waals surface area contributed by atoms with Gasteiger partial charge in [-0.15, -0.1) is 0 Å². The molecule has 70 heteroatoms. The van der Waals surface area contributed by atoms with E-state index in [1.165, 1.54) is 0 Å². The Bertz CT molecular complexity index is 3520. The number of hydrogen-bond donors (Lipinski definition) is 51. The van der Waals surface area contributed by atoms with E-state index in [4.69, 9.17) is 127 Å². The Morgan fingerprint density at radius 1 is 0.201 bits per heavy atom. The normalized spacial score (nSPS) is 51.8. The van der Waals surface area contributed by atoms with Gasteiger partial charge in [-0.05, 0) is 6.42 Å². The van der Waals surface area contributed by atoms with Crippen LogP contribution in [0.3, 0.4) is 0 Å². The van der Waals surface area contributed by atoms with Gasteiger partial charge in [-0.25, -0.2) is 0 Å². The zero-order chi connectivity index (χ0) is 112. The maximum Gasteiger partial charge on any atom is 0.224 e. The van der Waals surface area contributed by atoms with Gasteiger partial charge in [0.25, 0.3) is 0 Å². The van der Waals surface area contributed by atoms with Crippen LogP contribution in [0.25, 0.3) is 0 Å². The molecule has 0 aromatic rings. The molecule has 13 aliphatic rings. The van der Waals surface area contributed by atoms with E-state index in [1.807, 2.05) is 0 Å². The van der Waals surface area contributed by atoms with E-state index < -0.39 is 485 Å². The molecule has 12 saturated heterocycles. The van der Waals surface area contributed by atoms with Crippen LogP contribution < -0.4 is 11.5 Å². The van der Waals surface area contributed by atoms with Gasteiger partial charge in [0.1, 0.15) is 293 Å². The van der Waals surface area contributed by atoms with Crippen LogP contribution in [0.15, 0.2) is 0 Å². The molecule has 13 fully saturated rings. The molecule has 880 valence electrons. The fourth-order valence-electron chi connectivity index (χ4n) is 17.2. The number of hydrogen-bond acceptors (Lipinski definition) is 70. The predicted octanol–water partition coefficient (Wildman–Crippen LogP) is -34.0. The summed E-state index contributed by atoms with van der Waals surface area (Å²) in [6, 6.07) is -2.37. The van der Waals surface area contributed by atoms with E-state index in [-0.39, 0.29) is 6.42 Å². The Hall–Kier alpha value is -2.80. The third-order valence-electron chi connectivity index (χ3n) is 26.7. The predicted molar refractivity (Wildman–Crippen MR) is 452 cm³/mol. The van der Waals surface area contributed by atoms with E-state index in [1.54, 1.807) is 0 Å². The first-order valence-electron chi connectivity index (χ1n) is 46.4. The van der Waals surface area contributed by atoms with Crippen molar-refractivity contribution in [3.63, 3.8) is 0 Å². The Morgan fingerprint density at radius 2 is 0.463 bits per heavy atom. The lowest BCUT2D eigenvalue weighted by molar-refractivity contribution is -0.388. The monoisotopic (exact) mass is 2210 g/mol. The van der Waals surface area contributed by atoms with Crippen molar-refractivity contribution in [3.8, 4) is 0 Å². The molecule has 0 aromatic heterocycles. The highest BCUT2D eigenvalue weighted by molar-refractivity contribution is 5.04. The second-order valence-corrected chi connectivity index (χ2v) is 36.8. The molecule has 1 saturated carbocycles. The fourth-order valence-corrected chi connectivity index (χ4v) is 17.2. The van der Waals surface area contributed by atoms with Crippen molar-refractivity contribution in [2.24, 2.45) is 17.4 Å². The lowest BCUT2D eigenvalue weighted by atomic mass is 9.81. The van der Waals surface area contributed by atoms with Crippen molar-refractivity contribution in [3.05, 3.63) is 0 Å². The summed E-state index contributed by atoms with van der Waals surface area (Å²) < 4.78 is 98.4. The highest BCUT2D eigenvalue weighted by Crippen LogP contribution is 2.40. The van der Waals surface area contributed by atoms with Crippen LogP contribution in [0.1, 0.15) is 6.42 Å². The van der Waals surface area contributed by atoms with Gasteiger partial charge < -0.3 is 352 Å². The number of aliphatic hydroxyl groups is 49. The minimum Gasteiger partial charge on any atom is -0.396 e. The molecule has 1 aliphatic carbocycles. The van der Waals surface area contributed by atoms with E-state index in [9.17, 15) is 225 Å². The van der Waals surface area contributed by atoms with Gasteiger partial charge in [0.15, 0.2) is 69.2 Å². The van der Waals surface area contributed by atoms with Gasteiger partial charge >= 0.3 is 0 Å². The molecule has 0 aromatic carbocycles. The molecule has 0 spiro atoms. The summed E-state index contributed by atoms with van der Waals surface area (Å²) in [5.74, 6) is -3.10. The SMILES string of the molecule is N[C@@H]1[C@@H](O)[C@H](O[C@@H]2O[C@H](CO)[C@@H](O)[C@H](O)[C@H]2N)[C@@H](CO)O[C@H]1O.OC[C@H]1C[C@H](O[C@H]2O[C@H](CO)[C@@H](O)[C@H](O)[C@@H]2O)[C@H](O)[C@@H](O)[C@@H]1O.OC[C@H]1OC(OC[C@H]2OC(O[C@]3(CO)O[C@H](CO)[C@@H](O)[C@@H]3O)[C@H](O)[C@@H](O)[C@@H]2O)[C@H](O)[C@@H](O)[C@H]1O.OC[C@H]1OC(O[C@H]2[C@H](O)[C@@H](O)[C@@H](O)O[C@@H]2CO)[C@H](O)[C@@H](O)[C@H]1O.OC[C@H]1O[C@@H](OC[C@H]2O[C@@H](O)[C@H](O)[C@@H](O)[C@@H]2O)[C@H](O)[C@@H](O)[C@@H]1O.OC[C@H]1O[C@@H](O[C@H]2[C@H](O)[C@@H](O)[C@H](O)O[C@@H]2CO)[C@H](O)[C@@H](O)[C@@H]1O. The number of ether oxygens (including phenoxy) is 19. The largest absolute Gasteiger partial charge is 0.396 e. The van der Waals surface area contributed by atoms with E-state index >= 15 is 0 Å². The van der Waals surface area contributed by atoms with Crippen molar-refractivity contribution >= 4 is 0 Å². The van der Waals surface area contributed by atoms with Crippen molar-refractivity contribution in [1.82, 2.24) is 0 Å². The highest BCUT2D eigenvalue weighted by atomic mass is 16.8. The molecule has 64 atom stereocenters. The molecule has 0 amide bonds. The van der Waals surface area contributed by atoms with Crippen molar-refractivity contribution in [1.29, 1.82) is 0 Å². The maximum absolute atomic E-state index is 10.3. The second-order valence-electron chi connectivity index (χ2n) is 36.8. The molecule has 13 rings (SSSR count). The summed E-state index contributed by atoms with van der Waals surface area (Å²) in [4.78, 5) is 0. The lowest BCUT2D eigenvalue weighted by Gasteiger charge is -2.45. The summed E-state index contributed by atoms with van der Waals surface area (Å²) in [5.41, 5.74) is 11.3. The van der Waals surface area contributed by atoms with E-state index in [2.05, 4.69) is 0 Å². The molecular weight excluding hydrogens is 2060 g/mol. The first-order chi connectivity index (χ1) is 70.0. The molecule has 12 aliphatic heterocycles. The summed E-state index contributed by atoms with van der Waals surface area (Å²) in [7, 11) is 0. The molecule has 3 unspecified atom stereocenters. The highest BCUT2D eigenvalue weighted by Gasteiger charge is 2.62. The van der Waals surface area contributed by atoms with Crippen LogP contribution in [0.5, 0.6) is 0 Å². The zero-order valence-electron chi connectivity index (χ0n) is 78.3. The molecular formula is C79H146N2O68. The van der Waals surface area contributed by atoms with Crippen molar-refractivity contribution in [2.75, 3.05) is 92.5 Å². The van der Waals surface area contributed by atoms with Gasteiger partial charge in [-0.1, -0.05) is 0 Å². The quantitative estimate of drug-likeness (QED) is 0.0346. The molecule has 70 nitrogen and oxygen atoms in total. The average Bonchev–Trinajstić information content (AvgIpc) is 1.61. The smallest absolute Gasteiger partial charge is 0.224 e. The third kappa shape index (κ3) is 30.5. The van der Waals surface area contributed by atoms with Gasteiger partial charge in [0, 0.05) is 12.5 Å². The number of aliphatic hydroxyl groups excluding tert-OH is 49. The Morgan fingerprint density at radius 3 is 0.805 bits per heavy atom. The third-order valence-corrected chi connectivity index (χ3v) is 26.7. The lowest BCUT2D eigenvalue weighted by Crippen LogP contribution is -2.67. The van der Waals surface area contributed by atoms with Crippen molar-refractivity contribution in [2.45, 2.75) is 393 Å². The van der Waals surface area contributed by atoms with Gasteiger partial charge in [0.2, 0.25) is 5.79 Å².